The number of hydrogen-bond acceptors (Lipinski definition) is 4. The van der Waals surface area contributed by atoms with Crippen LogP contribution in [0.4, 0.5) is 5.82 Å². The number of rotatable bonds is 5. The summed E-state index contributed by atoms with van der Waals surface area (Å²) >= 11 is 0. The van der Waals surface area contributed by atoms with Crippen molar-refractivity contribution in [2.75, 3.05) is 31.1 Å². The number of aromatic nitrogens is 2. The fraction of sp³-hybridized carbons (Fsp3) is 0.250. The molecule has 0 unspecified atom stereocenters. The van der Waals surface area contributed by atoms with Gasteiger partial charge in [0.2, 0.25) is 5.91 Å². The second-order valence-electron chi connectivity index (χ2n) is 8.57. The summed E-state index contributed by atoms with van der Waals surface area (Å²) in [7, 11) is 0. The van der Waals surface area contributed by atoms with E-state index in [-0.39, 0.29) is 11.8 Å². The number of nitrogens with zero attached hydrogens (tertiary/aromatic N) is 4. The van der Waals surface area contributed by atoms with E-state index >= 15 is 0 Å². The Hall–Kier alpha value is -3.73. The van der Waals surface area contributed by atoms with E-state index in [9.17, 15) is 4.79 Å². The summed E-state index contributed by atoms with van der Waals surface area (Å²) in [6.45, 7) is 4.94. The lowest BCUT2D eigenvalue weighted by atomic mass is 9.88. The summed E-state index contributed by atoms with van der Waals surface area (Å²) in [6, 6.07) is 28.6. The van der Waals surface area contributed by atoms with Crippen molar-refractivity contribution in [1.29, 1.82) is 0 Å². The smallest absolute Gasteiger partial charge is 0.223 e. The molecule has 0 N–H and O–H groups in total. The maximum Gasteiger partial charge on any atom is 0.223 e. The molecular formula is C28H28N4O. The van der Waals surface area contributed by atoms with Crippen LogP contribution >= 0.6 is 0 Å². The van der Waals surface area contributed by atoms with Crippen LogP contribution in [0.2, 0.25) is 0 Å². The van der Waals surface area contributed by atoms with E-state index in [0.717, 1.165) is 35.6 Å². The van der Waals surface area contributed by atoms with Crippen molar-refractivity contribution in [1.82, 2.24) is 14.9 Å². The first-order valence-corrected chi connectivity index (χ1v) is 11.5. The average molecular weight is 437 g/mol. The normalized spacial score (nSPS) is 14.1. The molecule has 1 aliphatic heterocycles. The van der Waals surface area contributed by atoms with E-state index in [1.54, 1.807) is 0 Å². The molecule has 1 fully saturated rings. The van der Waals surface area contributed by atoms with Gasteiger partial charge in [-0.2, -0.15) is 0 Å². The van der Waals surface area contributed by atoms with Gasteiger partial charge in [-0.05, 0) is 30.2 Å². The number of amides is 1. The highest BCUT2D eigenvalue weighted by Crippen LogP contribution is 2.29. The molecule has 33 heavy (non-hydrogen) atoms. The molecule has 4 aromatic rings. The van der Waals surface area contributed by atoms with E-state index in [1.165, 1.54) is 11.1 Å². The molecule has 5 nitrogen and oxygen atoms in total. The van der Waals surface area contributed by atoms with Crippen LogP contribution in [0, 0.1) is 6.92 Å². The van der Waals surface area contributed by atoms with Gasteiger partial charge < -0.3 is 9.80 Å². The monoisotopic (exact) mass is 436 g/mol. The number of aryl methyl sites for hydroxylation is 1. The lowest BCUT2D eigenvalue weighted by Gasteiger charge is -2.36. The fourth-order valence-electron chi connectivity index (χ4n) is 4.65. The van der Waals surface area contributed by atoms with Gasteiger partial charge >= 0.3 is 0 Å². The molecule has 5 heteroatoms. The number of hydrogen-bond donors (Lipinski definition) is 0. The summed E-state index contributed by atoms with van der Waals surface area (Å²) in [5.74, 6) is 1.19. The summed E-state index contributed by atoms with van der Waals surface area (Å²) in [5.41, 5.74) is 5.11. The van der Waals surface area contributed by atoms with E-state index in [4.69, 9.17) is 9.97 Å². The Bertz CT molecular complexity index is 1200. The molecule has 1 aliphatic rings. The van der Waals surface area contributed by atoms with E-state index < -0.39 is 0 Å². The maximum atomic E-state index is 13.3. The minimum absolute atomic E-state index is 0.0616. The molecule has 2 heterocycles. The second-order valence-corrected chi connectivity index (χ2v) is 8.57. The van der Waals surface area contributed by atoms with Crippen molar-refractivity contribution in [2.24, 2.45) is 0 Å². The Morgan fingerprint density at radius 2 is 1.27 bits per heavy atom. The summed E-state index contributed by atoms with van der Waals surface area (Å²) in [4.78, 5) is 27.2. The number of para-hydroxylation sites is 2. The van der Waals surface area contributed by atoms with Crippen molar-refractivity contribution in [3.05, 3.63) is 102 Å². The van der Waals surface area contributed by atoms with E-state index in [0.29, 0.717) is 19.5 Å². The van der Waals surface area contributed by atoms with Gasteiger partial charge in [0.1, 0.15) is 0 Å². The lowest BCUT2D eigenvalue weighted by molar-refractivity contribution is -0.131. The Labute approximate surface area is 194 Å². The third kappa shape index (κ3) is 4.58. The zero-order valence-corrected chi connectivity index (χ0v) is 18.9. The largest absolute Gasteiger partial charge is 0.352 e. The first kappa shape index (κ1) is 21.1. The molecule has 0 bridgehead atoms. The zero-order chi connectivity index (χ0) is 22.6. The molecular weight excluding hydrogens is 408 g/mol. The van der Waals surface area contributed by atoms with Gasteiger partial charge in [0.05, 0.1) is 16.7 Å². The molecule has 1 amide bonds. The molecule has 1 saturated heterocycles. The van der Waals surface area contributed by atoms with Gasteiger partial charge in [-0.1, -0.05) is 72.8 Å². The van der Waals surface area contributed by atoms with Crippen molar-refractivity contribution in [3.63, 3.8) is 0 Å². The lowest BCUT2D eigenvalue weighted by Crippen LogP contribution is -2.49. The molecule has 3 aromatic carbocycles. The standard InChI is InChI=1S/C28H28N4O/c1-21-28(30-26-15-9-8-14-25(26)29-21)32-18-16-31(17-19-32)27(33)20-24(22-10-4-2-5-11-22)23-12-6-3-7-13-23/h2-15,24H,16-20H2,1H3. The van der Waals surface area contributed by atoms with Gasteiger partial charge in [-0.15, -0.1) is 0 Å². The highest BCUT2D eigenvalue weighted by molar-refractivity contribution is 5.79. The number of benzene rings is 3. The summed E-state index contributed by atoms with van der Waals surface area (Å²) in [5, 5.41) is 0. The van der Waals surface area contributed by atoms with Gasteiger partial charge in [-0.25, -0.2) is 9.97 Å². The maximum absolute atomic E-state index is 13.3. The molecule has 166 valence electrons. The van der Waals surface area contributed by atoms with E-state index in [2.05, 4.69) is 29.2 Å². The van der Waals surface area contributed by atoms with Gasteiger partial charge in [0.25, 0.3) is 0 Å². The van der Waals surface area contributed by atoms with Crippen LogP contribution in [0.25, 0.3) is 11.0 Å². The molecule has 0 radical (unpaired) electrons. The summed E-state index contributed by atoms with van der Waals surface area (Å²) < 4.78 is 0. The van der Waals surface area contributed by atoms with E-state index in [1.807, 2.05) is 72.5 Å². The summed E-state index contributed by atoms with van der Waals surface area (Å²) in [6.07, 6.45) is 0.475. The van der Waals surface area contributed by atoms with Gasteiger partial charge in [0, 0.05) is 38.5 Å². The molecule has 0 saturated carbocycles. The first-order chi connectivity index (χ1) is 16.2. The molecule has 0 aliphatic carbocycles. The van der Waals surface area contributed by atoms with Crippen molar-refractivity contribution < 1.29 is 4.79 Å². The highest BCUT2D eigenvalue weighted by atomic mass is 16.2. The Balaban J connectivity index is 1.29. The predicted octanol–water partition coefficient (Wildman–Crippen LogP) is 4.81. The fourth-order valence-corrected chi connectivity index (χ4v) is 4.65. The Kier molecular flexibility index (Phi) is 6.03. The molecule has 1 aromatic heterocycles. The third-order valence-corrected chi connectivity index (χ3v) is 6.43. The molecule has 0 atom stereocenters. The van der Waals surface area contributed by atoms with Crippen LogP contribution in [-0.4, -0.2) is 47.0 Å². The van der Waals surface area contributed by atoms with Crippen molar-refractivity contribution in [3.8, 4) is 0 Å². The van der Waals surface area contributed by atoms with Gasteiger partial charge in [-0.3, -0.25) is 4.79 Å². The number of fused-ring (bicyclic) bond motifs is 1. The topological polar surface area (TPSA) is 49.3 Å². The quantitative estimate of drug-likeness (QED) is 0.451. The predicted molar refractivity (Wildman–Crippen MR) is 132 cm³/mol. The average Bonchev–Trinajstić information content (AvgIpc) is 2.88. The van der Waals surface area contributed by atoms with Crippen LogP contribution in [0.5, 0.6) is 0 Å². The highest BCUT2D eigenvalue weighted by Gasteiger charge is 2.26. The minimum atomic E-state index is 0.0616. The van der Waals surface area contributed by atoms with Gasteiger partial charge in [0.15, 0.2) is 5.82 Å². The molecule has 5 rings (SSSR count). The molecule has 0 spiro atoms. The SMILES string of the molecule is Cc1nc2ccccc2nc1N1CCN(C(=O)CC(c2ccccc2)c2ccccc2)CC1. The van der Waals surface area contributed by atoms with Crippen LogP contribution in [0.1, 0.15) is 29.2 Å². The van der Waals surface area contributed by atoms with Crippen LogP contribution in [0.3, 0.4) is 0 Å². The number of carbonyl (C=O) groups excluding carboxylic acids is 1. The number of piperazine rings is 1. The van der Waals surface area contributed by atoms with Crippen LogP contribution < -0.4 is 4.90 Å². The van der Waals surface area contributed by atoms with Crippen LogP contribution in [0.15, 0.2) is 84.9 Å². The van der Waals surface area contributed by atoms with Crippen LogP contribution in [-0.2, 0) is 4.79 Å². The number of carbonyl (C=O) groups is 1. The van der Waals surface area contributed by atoms with Crippen molar-refractivity contribution in [2.45, 2.75) is 19.3 Å². The Morgan fingerprint density at radius 3 is 1.85 bits per heavy atom. The van der Waals surface area contributed by atoms with Crippen molar-refractivity contribution >= 4 is 22.8 Å². The third-order valence-electron chi connectivity index (χ3n) is 6.43. The zero-order valence-electron chi connectivity index (χ0n) is 18.9. The second kappa shape index (κ2) is 9.41. The minimum Gasteiger partial charge on any atom is -0.352 e. The Morgan fingerprint density at radius 1 is 0.758 bits per heavy atom. The number of anilines is 1. The first-order valence-electron chi connectivity index (χ1n) is 11.5.